The van der Waals surface area contributed by atoms with Crippen LogP contribution in [0.5, 0.6) is 0 Å². The molecule has 2 amide bonds. The number of carbonyl (C=O) groups is 2. The van der Waals surface area contributed by atoms with E-state index in [9.17, 15) is 27.2 Å². The van der Waals surface area contributed by atoms with E-state index in [1.54, 1.807) is 0 Å². The minimum absolute atomic E-state index is 0.0215. The van der Waals surface area contributed by atoms with Crippen molar-refractivity contribution in [2.75, 3.05) is 16.4 Å². The van der Waals surface area contributed by atoms with Crippen molar-refractivity contribution < 1.29 is 27.2 Å². The van der Waals surface area contributed by atoms with Gasteiger partial charge >= 0.3 is 6.18 Å². The Balaban J connectivity index is 1.54. The summed E-state index contributed by atoms with van der Waals surface area (Å²) in [5.74, 6) is -4.06. The molecule has 2 atom stereocenters. The quantitative estimate of drug-likeness (QED) is 0.157. The third kappa shape index (κ3) is 5.52. The molecular formula is C25H17Cl4F4N3O2. The zero-order chi connectivity index (χ0) is 28.2. The van der Waals surface area contributed by atoms with Crippen molar-refractivity contribution in [3.63, 3.8) is 0 Å². The van der Waals surface area contributed by atoms with E-state index in [4.69, 9.17) is 52.1 Å². The number of carbonyl (C=O) groups excluding carboxylic acids is 2. The second kappa shape index (κ2) is 10.1. The van der Waals surface area contributed by atoms with E-state index < -0.39 is 45.5 Å². The molecular weight excluding hydrogens is 592 g/mol. The number of amides is 2. The van der Waals surface area contributed by atoms with Crippen LogP contribution in [0.15, 0.2) is 48.5 Å². The lowest BCUT2D eigenvalue weighted by molar-refractivity contribution is -0.137. The highest BCUT2D eigenvalue weighted by atomic mass is 35.5. The first kappa shape index (κ1) is 28.3. The molecule has 0 aliphatic heterocycles. The molecule has 3 aromatic rings. The van der Waals surface area contributed by atoms with Gasteiger partial charge in [-0.05, 0) is 66.6 Å². The molecule has 0 aromatic heterocycles. The van der Waals surface area contributed by atoms with Crippen molar-refractivity contribution in [2.24, 2.45) is 5.92 Å². The van der Waals surface area contributed by atoms with E-state index in [1.807, 2.05) is 0 Å². The van der Waals surface area contributed by atoms with Crippen molar-refractivity contribution in [2.45, 2.75) is 23.4 Å². The normalized spacial score (nSPS) is 18.1. The highest BCUT2D eigenvalue weighted by molar-refractivity contribution is 6.53. The molecule has 0 spiro atoms. The standard InChI is InChI=1S/C25H17Cl4F4N3O2/c1-10-18(5-4-17(30)21(10)34)36-22(37)15-9-14(2-3-16(15)27)35-23(38)20-19(24(20,28)29)11-6-12(25(31,32)33)8-13(26)7-11/h2-9,19-20H,34H2,1H3,(H,35,38)(H,36,37). The minimum atomic E-state index is -4.66. The minimum Gasteiger partial charge on any atom is -0.396 e. The molecule has 0 heterocycles. The van der Waals surface area contributed by atoms with E-state index in [0.717, 1.165) is 18.2 Å². The highest BCUT2D eigenvalue weighted by Gasteiger charge is 2.67. The molecule has 0 radical (unpaired) electrons. The zero-order valence-corrected chi connectivity index (χ0v) is 22.2. The summed E-state index contributed by atoms with van der Waals surface area (Å²) in [4.78, 5) is 25.9. The van der Waals surface area contributed by atoms with E-state index in [1.165, 1.54) is 37.3 Å². The van der Waals surface area contributed by atoms with Gasteiger partial charge in [0, 0.05) is 22.3 Å². The Morgan fingerprint density at radius 2 is 1.68 bits per heavy atom. The highest BCUT2D eigenvalue weighted by Crippen LogP contribution is 2.65. The molecule has 38 heavy (non-hydrogen) atoms. The molecule has 200 valence electrons. The molecule has 3 aromatic carbocycles. The van der Waals surface area contributed by atoms with Crippen LogP contribution in [0.25, 0.3) is 0 Å². The summed E-state index contributed by atoms with van der Waals surface area (Å²) in [6.45, 7) is 1.53. The average molecular weight is 609 g/mol. The van der Waals surface area contributed by atoms with Crippen LogP contribution in [0.3, 0.4) is 0 Å². The molecule has 0 bridgehead atoms. The fraction of sp³-hybridized carbons (Fsp3) is 0.200. The lowest BCUT2D eigenvalue weighted by Crippen LogP contribution is -2.18. The van der Waals surface area contributed by atoms with Crippen LogP contribution in [-0.4, -0.2) is 16.1 Å². The van der Waals surface area contributed by atoms with Crippen molar-refractivity contribution in [3.05, 3.63) is 86.6 Å². The van der Waals surface area contributed by atoms with E-state index >= 15 is 0 Å². The zero-order valence-electron chi connectivity index (χ0n) is 19.2. The summed E-state index contributed by atoms with van der Waals surface area (Å²) in [5.41, 5.74) is 5.30. The number of nitrogens with one attached hydrogen (secondary N) is 2. The molecule has 4 rings (SSSR count). The molecule has 1 saturated carbocycles. The van der Waals surface area contributed by atoms with Gasteiger partial charge in [-0.3, -0.25) is 9.59 Å². The van der Waals surface area contributed by atoms with Gasteiger partial charge in [-0.1, -0.05) is 23.2 Å². The van der Waals surface area contributed by atoms with Gasteiger partial charge in [0.2, 0.25) is 5.91 Å². The maximum absolute atomic E-state index is 13.6. The van der Waals surface area contributed by atoms with Crippen molar-refractivity contribution >= 4 is 75.3 Å². The topological polar surface area (TPSA) is 84.2 Å². The summed E-state index contributed by atoms with van der Waals surface area (Å²) < 4.78 is 51.6. The van der Waals surface area contributed by atoms with Crippen molar-refractivity contribution in [1.82, 2.24) is 0 Å². The lowest BCUT2D eigenvalue weighted by Gasteiger charge is -2.13. The number of nitrogens with two attached hydrogens (primary N) is 1. The molecule has 2 unspecified atom stereocenters. The predicted octanol–water partition coefficient (Wildman–Crippen LogP) is 7.82. The SMILES string of the molecule is Cc1c(NC(=O)c2cc(NC(=O)C3C(c4cc(Cl)cc(C(F)(F)F)c4)C3(Cl)Cl)ccc2Cl)ccc(F)c1N. The van der Waals surface area contributed by atoms with Crippen LogP contribution in [0, 0.1) is 18.7 Å². The van der Waals surface area contributed by atoms with Gasteiger partial charge in [0.1, 0.15) is 10.2 Å². The summed E-state index contributed by atoms with van der Waals surface area (Å²) in [7, 11) is 0. The summed E-state index contributed by atoms with van der Waals surface area (Å²) in [6.07, 6.45) is -4.66. The fourth-order valence-corrected chi connectivity index (χ4v) is 5.32. The van der Waals surface area contributed by atoms with Gasteiger partial charge in [0.25, 0.3) is 5.91 Å². The number of hydrogen-bond donors (Lipinski definition) is 3. The Hall–Kier alpha value is -2.72. The van der Waals surface area contributed by atoms with Crippen LogP contribution in [-0.2, 0) is 11.0 Å². The molecule has 5 nitrogen and oxygen atoms in total. The van der Waals surface area contributed by atoms with Crippen LogP contribution in [0.2, 0.25) is 10.0 Å². The van der Waals surface area contributed by atoms with Crippen LogP contribution in [0.4, 0.5) is 34.6 Å². The Kier molecular flexibility index (Phi) is 7.53. The number of hydrogen-bond acceptors (Lipinski definition) is 3. The Morgan fingerprint density at radius 1 is 1.00 bits per heavy atom. The first-order chi connectivity index (χ1) is 17.6. The Labute approximate surface area is 234 Å². The van der Waals surface area contributed by atoms with Crippen LogP contribution >= 0.6 is 46.4 Å². The smallest absolute Gasteiger partial charge is 0.396 e. The number of nitrogen functional groups attached to an aromatic ring is 1. The van der Waals surface area contributed by atoms with Gasteiger partial charge in [-0.2, -0.15) is 13.2 Å². The second-order valence-corrected chi connectivity index (χ2v) is 11.0. The third-order valence-electron chi connectivity index (χ3n) is 6.13. The van der Waals surface area contributed by atoms with Gasteiger partial charge in [0.05, 0.1) is 27.8 Å². The van der Waals surface area contributed by atoms with Crippen LogP contribution in [0.1, 0.15) is 33.0 Å². The molecule has 1 fully saturated rings. The van der Waals surface area contributed by atoms with E-state index in [2.05, 4.69) is 10.6 Å². The number of alkyl halides is 5. The average Bonchev–Trinajstić information content (AvgIpc) is 3.41. The predicted molar refractivity (Wildman–Crippen MR) is 141 cm³/mol. The van der Waals surface area contributed by atoms with E-state index in [0.29, 0.717) is 5.56 Å². The number of rotatable bonds is 5. The third-order valence-corrected chi connectivity index (χ3v) is 7.62. The summed E-state index contributed by atoms with van der Waals surface area (Å²) >= 11 is 24.6. The maximum Gasteiger partial charge on any atom is 0.416 e. The molecule has 13 heteroatoms. The van der Waals surface area contributed by atoms with Gasteiger partial charge in [-0.15, -0.1) is 23.2 Å². The summed E-state index contributed by atoms with van der Waals surface area (Å²) in [5, 5.41) is 5.02. The lowest BCUT2D eigenvalue weighted by atomic mass is 10.0. The molecule has 4 N–H and O–H groups in total. The Morgan fingerprint density at radius 3 is 2.34 bits per heavy atom. The van der Waals surface area contributed by atoms with Crippen molar-refractivity contribution in [3.8, 4) is 0 Å². The van der Waals surface area contributed by atoms with Gasteiger partial charge in [0.15, 0.2) is 0 Å². The fourth-order valence-electron chi connectivity index (χ4n) is 4.04. The van der Waals surface area contributed by atoms with E-state index in [-0.39, 0.29) is 38.2 Å². The molecule has 0 saturated heterocycles. The van der Waals surface area contributed by atoms with Gasteiger partial charge < -0.3 is 16.4 Å². The number of benzene rings is 3. The monoisotopic (exact) mass is 607 g/mol. The second-order valence-electron chi connectivity index (χ2n) is 8.67. The largest absolute Gasteiger partial charge is 0.416 e. The molecule has 1 aliphatic rings. The Bertz CT molecular complexity index is 1460. The van der Waals surface area contributed by atoms with Crippen molar-refractivity contribution in [1.29, 1.82) is 0 Å². The maximum atomic E-state index is 13.6. The van der Waals surface area contributed by atoms with Crippen LogP contribution < -0.4 is 16.4 Å². The molecule has 1 aliphatic carbocycles. The first-order valence-electron chi connectivity index (χ1n) is 10.8. The summed E-state index contributed by atoms with van der Waals surface area (Å²) in [6, 6.07) is 9.39. The van der Waals surface area contributed by atoms with Gasteiger partial charge in [-0.25, -0.2) is 4.39 Å². The number of halogens is 8. The first-order valence-corrected chi connectivity index (χ1v) is 12.3. The number of anilines is 3.